The van der Waals surface area contributed by atoms with Crippen LogP contribution in [0.4, 0.5) is 0 Å². The van der Waals surface area contributed by atoms with Gasteiger partial charge in [0.15, 0.2) is 5.78 Å². The van der Waals surface area contributed by atoms with E-state index in [0.717, 1.165) is 11.3 Å². The predicted molar refractivity (Wildman–Crippen MR) is 72.9 cm³/mol. The van der Waals surface area contributed by atoms with Crippen molar-refractivity contribution in [3.05, 3.63) is 35.4 Å². The van der Waals surface area contributed by atoms with Gasteiger partial charge in [0.05, 0.1) is 13.2 Å². The molecule has 0 aliphatic rings. The zero-order valence-electron chi connectivity index (χ0n) is 11.4. The van der Waals surface area contributed by atoms with Crippen molar-refractivity contribution >= 4 is 17.8 Å². The summed E-state index contributed by atoms with van der Waals surface area (Å²) in [5.74, 6) is -0.156. The fraction of sp³-hybridized carbons (Fsp3) is 0.333. The third-order valence-corrected chi connectivity index (χ3v) is 2.38. The van der Waals surface area contributed by atoms with Crippen molar-refractivity contribution in [3.8, 4) is 5.75 Å². The van der Waals surface area contributed by atoms with Crippen molar-refractivity contribution in [1.82, 2.24) is 0 Å². The maximum Gasteiger partial charge on any atom is 0.341 e. The van der Waals surface area contributed by atoms with Gasteiger partial charge in [0.1, 0.15) is 11.3 Å². The SMILES string of the molecule is CCOC(=O)C(=Cc1ccc(OCC)cc1)C(C)=O. The lowest BCUT2D eigenvalue weighted by Crippen LogP contribution is -2.13. The molecule has 4 heteroatoms. The van der Waals surface area contributed by atoms with Crippen LogP contribution in [0.3, 0.4) is 0 Å². The van der Waals surface area contributed by atoms with Crippen LogP contribution >= 0.6 is 0 Å². The normalized spacial score (nSPS) is 11.0. The Morgan fingerprint density at radius 3 is 2.21 bits per heavy atom. The summed E-state index contributed by atoms with van der Waals surface area (Å²) in [4.78, 5) is 23.1. The maximum atomic E-state index is 11.6. The number of benzene rings is 1. The monoisotopic (exact) mass is 262 g/mol. The molecule has 0 aliphatic carbocycles. The first-order valence-corrected chi connectivity index (χ1v) is 6.21. The highest BCUT2D eigenvalue weighted by molar-refractivity contribution is 6.19. The third kappa shape index (κ3) is 4.58. The molecule has 0 amide bonds. The van der Waals surface area contributed by atoms with E-state index in [1.54, 1.807) is 31.2 Å². The molecule has 0 unspecified atom stereocenters. The molecule has 0 radical (unpaired) electrons. The molecule has 0 spiro atoms. The molecule has 1 rings (SSSR count). The number of ketones is 1. The second-order valence-corrected chi connectivity index (χ2v) is 3.84. The molecule has 1 aromatic carbocycles. The molecule has 0 saturated carbocycles. The Labute approximate surface area is 113 Å². The van der Waals surface area contributed by atoms with Gasteiger partial charge in [-0.05, 0) is 44.5 Å². The van der Waals surface area contributed by atoms with Crippen molar-refractivity contribution < 1.29 is 19.1 Å². The van der Waals surface area contributed by atoms with Crippen molar-refractivity contribution in [2.75, 3.05) is 13.2 Å². The Balaban J connectivity index is 2.95. The molecule has 0 bridgehead atoms. The van der Waals surface area contributed by atoms with E-state index in [4.69, 9.17) is 9.47 Å². The summed E-state index contributed by atoms with van der Waals surface area (Å²) in [7, 11) is 0. The van der Waals surface area contributed by atoms with Gasteiger partial charge in [0, 0.05) is 0 Å². The number of hydrogen-bond acceptors (Lipinski definition) is 4. The lowest BCUT2D eigenvalue weighted by molar-refractivity contribution is -0.139. The fourth-order valence-corrected chi connectivity index (χ4v) is 1.51. The minimum Gasteiger partial charge on any atom is -0.494 e. The van der Waals surface area contributed by atoms with Gasteiger partial charge in [-0.25, -0.2) is 4.79 Å². The topological polar surface area (TPSA) is 52.6 Å². The summed E-state index contributed by atoms with van der Waals surface area (Å²) in [6.45, 7) is 5.79. The van der Waals surface area contributed by atoms with E-state index in [0.29, 0.717) is 6.61 Å². The third-order valence-electron chi connectivity index (χ3n) is 2.38. The second kappa shape index (κ2) is 7.36. The Morgan fingerprint density at radius 2 is 1.74 bits per heavy atom. The van der Waals surface area contributed by atoms with Crippen LogP contribution in [-0.2, 0) is 14.3 Å². The lowest BCUT2D eigenvalue weighted by Gasteiger charge is -2.05. The first kappa shape index (κ1) is 15.0. The summed E-state index contributed by atoms with van der Waals surface area (Å²) in [5.41, 5.74) is 0.799. The molecule has 0 fully saturated rings. The molecule has 4 nitrogen and oxygen atoms in total. The van der Waals surface area contributed by atoms with Crippen molar-refractivity contribution in [2.24, 2.45) is 0 Å². The zero-order valence-corrected chi connectivity index (χ0v) is 11.4. The van der Waals surface area contributed by atoms with Crippen LogP contribution in [0.15, 0.2) is 29.8 Å². The molecule has 0 N–H and O–H groups in total. The van der Waals surface area contributed by atoms with Crippen LogP contribution in [0.2, 0.25) is 0 Å². The summed E-state index contributed by atoms with van der Waals surface area (Å²) < 4.78 is 10.2. The molecule has 0 aliphatic heterocycles. The number of rotatable bonds is 6. The molecule has 102 valence electrons. The Morgan fingerprint density at radius 1 is 1.11 bits per heavy atom. The van der Waals surface area contributed by atoms with Crippen LogP contribution in [0.25, 0.3) is 6.08 Å². The minimum absolute atomic E-state index is 0.0472. The number of ether oxygens (including phenoxy) is 2. The molecular formula is C15H18O4. The molecule has 0 aromatic heterocycles. The number of hydrogen-bond donors (Lipinski definition) is 0. The van der Waals surface area contributed by atoms with Crippen LogP contribution in [-0.4, -0.2) is 25.0 Å². The summed E-state index contributed by atoms with van der Waals surface area (Å²) >= 11 is 0. The van der Waals surface area contributed by atoms with Gasteiger partial charge in [-0.3, -0.25) is 4.79 Å². The van der Waals surface area contributed by atoms with Gasteiger partial charge in [0.25, 0.3) is 0 Å². The second-order valence-electron chi connectivity index (χ2n) is 3.84. The zero-order chi connectivity index (χ0) is 14.3. The quantitative estimate of drug-likeness (QED) is 0.342. The summed E-state index contributed by atoms with van der Waals surface area (Å²) in [5, 5.41) is 0. The standard InChI is InChI=1S/C15H18O4/c1-4-18-13-8-6-12(7-9-13)10-14(11(3)16)15(17)19-5-2/h6-10H,4-5H2,1-3H3. The van der Waals surface area contributed by atoms with E-state index in [-0.39, 0.29) is 18.0 Å². The lowest BCUT2D eigenvalue weighted by atomic mass is 10.1. The molecule has 0 heterocycles. The molecule has 0 atom stereocenters. The number of carbonyl (C=O) groups is 2. The van der Waals surface area contributed by atoms with E-state index >= 15 is 0 Å². The first-order valence-electron chi connectivity index (χ1n) is 6.21. The van der Waals surface area contributed by atoms with Crippen molar-refractivity contribution in [3.63, 3.8) is 0 Å². The minimum atomic E-state index is -0.594. The molecule has 0 saturated heterocycles. The Bertz CT molecular complexity index is 471. The van der Waals surface area contributed by atoms with E-state index in [2.05, 4.69) is 0 Å². The maximum absolute atomic E-state index is 11.6. The first-order chi connectivity index (χ1) is 9.08. The fourth-order valence-electron chi connectivity index (χ4n) is 1.51. The van der Waals surface area contributed by atoms with Crippen LogP contribution in [0.1, 0.15) is 26.3 Å². The van der Waals surface area contributed by atoms with Crippen LogP contribution in [0, 0.1) is 0 Å². The molecule has 19 heavy (non-hydrogen) atoms. The van der Waals surface area contributed by atoms with E-state index in [1.807, 2.05) is 6.92 Å². The number of Topliss-reactive ketones (excluding diaryl/α,β-unsaturated/α-hetero) is 1. The average molecular weight is 262 g/mol. The predicted octanol–water partition coefficient (Wildman–Crippen LogP) is 2.62. The highest BCUT2D eigenvalue weighted by Gasteiger charge is 2.15. The largest absolute Gasteiger partial charge is 0.494 e. The van der Waals surface area contributed by atoms with Gasteiger partial charge in [-0.2, -0.15) is 0 Å². The Kier molecular flexibility index (Phi) is 5.79. The summed E-state index contributed by atoms with van der Waals surface area (Å²) in [6.07, 6.45) is 1.52. The van der Waals surface area contributed by atoms with E-state index in [1.165, 1.54) is 13.0 Å². The average Bonchev–Trinajstić information content (AvgIpc) is 2.38. The molecular weight excluding hydrogens is 244 g/mol. The number of carbonyl (C=O) groups excluding carboxylic acids is 2. The molecule has 1 aromatic rings. The van der Waals surface area contributed by atoms with Gasteiger partial charge in [-0.15, -0.1) is 0 Å². The summed E-state index contributed by atoms with van der Waals surface area (Å²) in [6, 6.07) is 7.15. The van der Waals surface area contributed by atoms with Crippen molar-refractivity contribution in [1.29, 1.82) is 0 Å². The smallest absolute Gasteiger partial charge is 0.341 e. The van der Waals surface area contributed by atoms with Gasteiger partial charge < -0.3 is 9.47 Å². The van der Waals surface area contributed by atoms with Gasteiger partial charge in [-0.1, -0.05) is 12.1 Å². The van der Waals surface area contributed by atoms with Crippen LogP contribution < -0.4 is 4.74 Å². The highest BCUT2D eigenvalue weighted by atomic mass is 16.5. The van der Waals surface area contributed by atoms with Crippen LogP contribution in [0.5, 0.6) is 5.75 Å². The van der Waals surface area contributed by atoms with Gasteiger partial charge >= 0.3 is 5.97 Å². The van der Waals surface area contributed by atoms with E-state index in [9.17, 15) is 9.59 Å². The highest BCUT2D eigenvalue weighted by Crippen LogP contribution is 2.15. The van der Waals surface area contributed by atoms with Crippen molar-refractivity contribution in [2.45, 2.75) is 20.8 Å². The number of esters is 1. The Hall–Kier alpha value is -2.10. The van der Waals surface area contributed by atoms with E-state index < -0.39 is 5.97 Å². The van der Waals surface area contributed by atoms with Gasteiger partial charge in [0.2, 0.25) is 0 Å².